The van der Waals surface area contributed by atoms with E-state index < -0.39 is 6.16 Å². The number of unbranched alkanes of at least 4 members (excludes halogenated alkanes) is 60. The highest BCUT2D eigenvalue weighted by atomic mass is 17.0. The summed E-state index contributed by atoms with van der Waals surface area (Å²) in [7, 11) is 0. The van der Waals surface area contributed by atoms with Gasteiger partial charge in [-0.1, -0.05) is 413 Å². The minimum Gasteiger partial charge on any atom is -0.303 e. The Morgan fingerprint density at radius 2 is 0.221 bits per heavy atom. The van der Waals surface area contributed by atoms with Gasteiger partial charge in [-0.05, 0) is 25.7 Å². The lowest BCUT2D eigenvalue weighted by molar-refractivity contribution is -0.499. The lowest BCUT2D eigenvalue weighted by atomic mass is 10.0. The molecule has 77 heavy (non-hydrogen) atoms. The molecular formula is C73H148O4. The molecule has 0 saturated carbocycles. The zero-order valence-corrected chi connectivity index (χ0v) is 54.2. The molecule has 0 fully saturated rings. The molecule has 0 saturated heterocycles. The molecule has 0 unspecified atom stereocenters. The summed E-state index contributed by atoms with van der Waals surface area (Å²) in [4.78, 5) is 0. The number of hydrogen-bond acceptors (Lipinski definition) is 4. The smallest absolute Gasteiger partial charge is 0.303 e. The van der Waals surface area contributed by atoms with Crippen molar-refractivity contribution >= 4 is 0 Å². The fraction of sp³-hybridized carbons (Fsp3) is 1.00. The fourth-order valence-corrected chi connectivity index (χ4v) is 11.6. The predicted octanol–water partition coefficient (Wildman–Crippen LogP) is 26.7. The fourth-order valence-electron chi connectivity index (χ4n) is 11.6. The average molecular weight is 1090 g/mol. The van der Waals surface area contributed by atoms with Crippen molar-refractivity contribution in [1.29, 1.82) is 0 Å². The molecule has 0 aliphatic carbocycles. The predicted molar refractivity (Wildman–Crippen MR) is 345 cm³/mol. The van der Waals surface area contributed by atoms with E-state index in [-0.39, 0.29) is 0 Å². The van der Waals surface area contributed by atoms with E-state index in [1.165, 1.54) is 385 Å². The van der Waals surface area contributed by atoms with Crippen LogP contribution in [-0.2, 0) is 18.9 Å². The van der Waals surface area contributed by atoms with E-state index in [1.54, 1.807) is 0 Å². The molecular weight excluding hydrogens is 941 g/mol. The molecule has 0 atom stereocenters. The lowest BCUT2D eigenvalue weighted by Crippen LogP contribution is -2.43. The van der Waals surface area contributed by atoms with E-state index in [4.69, 9.17) is 18.9 Å². The summed E-state index contributed by atoms with van der Waals surface area (Å²) in [6.07, 6.45) is 86.7. The maximum absolute atomic E-state index is 6.67. The number of ether oxygens (including phenoxy) is 4. The highest BCUT2D eigenvalue weighted by molar-refractivity contribution is 4.57. The molecule has 0 aromatic heterocycles. The minimum atomic E-state index is -1.35. The first-order chi connectivity index (χ1) is 38.2. The van der Waals surface area contributed by atoms with Gasteiger partial charge in [-0.15, -0.1) is 0 Å². The molecule has 0 aromatic carbocycles. The van der Waals surface area contributed by atoms with Crippen molar-refractivity contribution in [3.63, 3.8) is 0 Å². The number of hydrogen-bond donors (Lipinski definition) is 0. The van der Waals surface area contributed by atoms with E-state index in [0.717, 1.165) is 25.7 Å². The van der Waals surface area contributed by atoms with Crippen LogP contribution in [0.5, 0.6) is 0 Å². The van der Waals surface area contributed by atoms with Gasteiger partial charge in [-0.3, -0.25) is 0 Å². The van der Waals surface area contributed by atoms with Crippen LogP contribution in [0, 0.1) is 0 Å². The molecule has 0 radical (unpaired) electrons. The van der Waals surface area contributed by atoms with E-state index in [0.29, 0.717) is 26.4 Å². The molecule has 0 aliphatic rings. The largest absolute Gasteiger partial charge is 0.412 e. The Kier molecular flexibility index (Phi) is 70.0. The molecule has 0 bridgehead atoms. The zero-order chi connectivity index (χ0) is 55.4. The second-order valence-electron chi connectivity index (χ2n) is 25.1. The first-order valence-corrected chi connectivity index (χ1v) is 36.8. The zero-order valence-electron chi connectivity index (χ0n) is 54.2. The third kappa shape index (κ3) is 64.9. The van der Waals surface area contributed by atoms with Gasteiger partial charge < -0.3 is 18.9 Å². The Bertz CT molecular complexity index is 844. The van der Waals surface area contributed by atoms with Gasteiger partial charge in [0, 0.05) is 0 Å². The molecule has 4 heteroatoms. The van der Waals surface area contributed by atoms with Gasteiger partial charge in [0.25, 0.3) is 0 Å². The summed E-state index contributed by atoms with van der Waals surface area (Å²) >= 11 is 0. The van der Waals surface area contributed by atoms with Crippen LogP contribution in [0.3, 0.4) is 0 Å². The van der Waals surface area contributed by atoms with Crippen LogP contribution in [0.15, 0.2) is 0 Å². The molecule has 0 spiro atoms. The highest BCUT2D eigenvalue weighted by Crippen LogP contribution is 2.24. The third-order valence-corrected chi connectivity index (χ3v) is 17.1. The van der Waals surface area contributed by atoms with E-state index in [1.807, 2.05) is 0 Å². The van der Waals surface area contributed by atoms with Crippen LogP contribution in [0.4, 0.5) is 0 Å². The van der Waals surface area contributed by atoms with Crippen molar-refractivity contribution in [2.45, 2.75) is 445 Å². The highest BCUT2D eigenvalue weighted by Gasteiger charge is 2.35. The van der Waals surface area contributed by atoms with Crippen molar-refractivity contribution in [1.82, 2.24) is 0 Å². The quantitative estimate of drug-likeness (QED) is 0.0449. The summed E-state index contributed by atoms with van der Waals surface area (Å²) in [6.45, 7) is 11.8. The molecule has 0 aliphatic heterocycles. The maximum atomic E-state index is 6.67. The summed E-state index contributed by atoms with van der Waals surface area (Å²) in [5.74, 6) is 0. The van der Waals surface area contributed by atoms with Crippen molar-refractivity contribution in [2.24, 2.45) is 0 Å². The Morgan fingerprint density at radius 3 is 0.325 bits per heavy atom. The van der Waals surface area contributed by atoms with Crippen molar-refractivity contribution in [2.75, 3.05) is 26.4 Å². The van der Waals surface area contributed by atoms with Gasteiger partial charge in [0.2, 0.25) is 0 Å². The van der Waals surface area contributed by atoms with Crippen LogP contribution >= 0.6 is 0 Å². The topological polar surface area (TPSA) is 36.9 Å². The molecule has 0 heterocycles. The van der Waals surface area contributed by atoms with Gasteiger partial charge in [-0.25, -0.2) is 0 Å². The molecule has 4 nitrogen and oxygen atoms in total. The third-order valence-electron chi connectivity index (χ3n) is 17.1. The summed E-state index contributed by atoms with van der Waals surface area (Å²) in [5, 5.41) is 0. The monoisotopic (exact) mass is 1090 g/mol. The standard InChI is InChI=1S/C73H148O4/c1-5-9-13-17-21-25-29-33-37-41-45-49-53-57-61-65-69-74-73(75-70-66-62-58-54-50-46-42-38-34-30-26-22-18-14-10-6-2,76-71-67-63-59-55-51-47-43-39-35-31-27-23-19-15-11-7-3)77-72-68-64-60-56-52-48-44-40-36-32-28-24-20-16-12-8-4/h5-72H2,1-4H3. The van der Waals surface area contributed by atoms with Crippen LogP contribution < -0.4 is 0 Å². The Balaban J connectivity index is 4.97. The molecule has 464 valence electrons. The summed E-state index contributed by atoms with van der Waals surface area (Å²) in [6, 6.07) is 0. The van der Waals surface area contributed by atoms with Crippen molar-refractivity contribution < 1.29 is 18.9 Å². The second kappa shape index (κ2) is 70.1. The molecule has 0 N–H and O–H groups in total. The van der Waals surface area contributed by atoms with Crippen LogP contribution in [0.1, 0.15) is 439 Å². The minimum absolute atomic E-state index is 0.648. The molecule has 0 amide bonds. The Hall–Kier alpha value is -0.160. The molecule has 0 rings (SSSR count). The van der Waals surface area contributed by atoms with Crippen LogP contribution in [-0.4, -0.2) is 32.6 Å². The normalized spacial score (nSPS) is 12.0. The lowest BCUT2D eigenvalue weighted by Gasteiger charge is -2.32. The maximum Gasteiger partial charge on any atom is 0.412 e. The molecule has 0 aromatic rings. The first-order valence-electron chi connectivity index (χ1n) is 36.8. The van der Waals surface area contributed by atoms with E-state index in [9.17, 15) is 0 Å². The Morgan fingerprint density at radius 1 is 0.130 bits per heavy atom. The summed E-state index contributed by atoms with van der Waals surface area (Å²) < 4.78 is 26.7. The van der Waals surface area contributed by atoms with Crippen molar-refractivity contribution in [3.05, 3.63) is 0 Å². The van der Waals surface area contributed by atoms with Gasteiger partial charge in [-0.2, -0.15) is 0 Å². The Labute approximate surface area is 487 Å². The van der Waals surface area contributed by atoms with Crippen molar-refractivity contribution in [3.8, 4) is 0 Å². The van der Waals surface area contributed by atoms with E-state index in [2.05, 4.69) is 27.7 Å². The van der Waals surface area contributed by atoms with Gasteiger partial charge in [0.1, 0.15) is 0 Å². The van der Waals surface area contributed by atoms with Gasteiger partial charge in [0.15, 0.2) is 0 Å². The second-order valence-corrected chi connectivity index (χ2v) is 25.1. The van der Waals surface area contributed by atoms with Crippen LogP contribution in [0.2, 0.25) is 0 Å². The van der Waals surface area contributed by atoms with Gasteiger partial charge in [0.05, 0.1) is 26.4 Å². The first kappa shape index (κ1) is 76.8. The van der Waals surface area contributed by atoms with Crippen LogP contribution in [0.25, 0.3) is 0 Å². The SMILES string of the molecule is CCCCCCCCCCCCCCCCCCOC(OCCCCCCCCCCCCCCCCCC)(OCCCCCCCCCCCCCCCCCC)OCCCCCCCCCCCCCCCCCC. The van der Waals surface area contributed by atoms with Gasteiger partial charge >= 0.3 is 6.16 Å². The summed E-state index contributed by atoms with van der Waals surface area (Å²) in [5.41, 5.74) is 0. The van der Waals surface area contributed by atoms with E-state index >= 15 is 0 Å². The number of rotatable bonds is 72. The average Bonchev–Trinajstić information content (AvgIpc) is 3.44.